The molecule has 0 spiro atoms. The summed E-state index contributed by atoms with van der Waals surface area (Å²) in [5.41, 5.74) is 1.87. The Labute approximate surface area is 258 Å². The van der Waals surface area contributed by atoms with E-state index in [-0.39, 0.29) is 42.2 Å². The van der Waals surface area contributed by atoms with Gasteiger partial charge in [-0.25, -0.2) is 9.59 Å². The third-order valence-corrected chi connectivity index (χ3v) is 8.61. The third kappa shape index (κ3) is 5.47. The van der Waals surface area contributed by atoms with E-state index in [0.29, 0.717) is 54.3 Å². The van der Waals surface area contributed by atoms with Gasteiger partial charge in [-0.05, 0) is 64.8 Å². The lowest BCUT2D eigenvalue weighted by Gasteiger charge is -2.33. The number of fused-ring (bicyclic) bond motifs is 2. The summed E-state index contributed by atoms with van der Waals surface area (Å²) in [5, 5.41) is 0.463. The normalized spacial score (nSPS) is 13.8. The lowest BCUT2D eigenvalue weighted by Crippen LogP contribution is -2.46. The first-order valence-corrected chi connectivity index (χ1v) is 15.2. The molecule has 0 bridgehead atoms. The van der Waals surface area contributed by atoms with Gasteiger partial charge in [-0.3, -0.25) is 37.4 Å². The second kappa shape index (κ2) is 12.6. The highest BCUT2D eigenvalue weighted by Crippen LogP contribution is 2.30. The number of esters is 1. The quantitative estimate of drug-likeness (QED) is 0.207. The molecule has 0 saturated carbocycles. The van der Waals surface area contributed by atoms with Crippen molar-refractivity contribution in [2.45, 2.75) is 59.7 Å². The van der Waals surface area contributed by atoms with Crippen LogP contribution in [0.15, 0.2) is 44.7 Å². The molecule has 238 valence electrons. The Hall–Kier alpha value is -4.94. The average Bonchev–Trinajstić information content (AvgIpc) is 3.31. The predicted octanol–water partition coefficient (Wildman–Crippen LogP) is 2.17. The van der Waals surface area contributed by atoms with Gasteiger partial charge in [0.2, 0.25) is 6.41 Å². The summed E-state index contributed by atoms with van der Waals surface area (Å²) < 4.78 is 10.9. The van der Waals surface area contributed by atoms with E-state index in [1.807, 2.05) is 26.8 Å². The fraction of sp³-hybridized carbons (Fsp3) is 0.438. The van der Waals surface area contributed by atoms with Gasteiger partial charge in [0.1, 0.15) is 6.54 Å². The molecule has 1 fully saturated rings. The van der Waals surface area contributed by atoms with Crippen LogP contribution in [0.3, 0.4) is 0 Å². The number of benzene rings is 2. The van der Waals surface area contributed by atoms with E-state index in [9.17, 15) is 28.8 Å². The first-order valence-electron chi connectivity index (χ1n) is 15.2. The largest absolute Gasteiger partial charge is 0.465 e. The molecule has 0 radical (unpaired) electrons. The van der Waals surface area contributed by atoms with Crippen molar-refractivity contribution in [1.29, 1.82) is 0 Å². The number of likely N-dealkylation sites (tertiary alicyclic amines) is 1. The van der Waals surface area contributed by atoms with Gasteiger partial charge in [-0.15, -0.1) is 0 Å². The molecule has 13 heteroatoms. The second-order valence-electron chi connectivity index (χ2n) is 11.2. The van der Waals surface area contributed by atoms with Crippen molar-refractivity contribution in [3.63, 3.8) is 0 Å². The van der Waals surface area contributed by atoms with Gasteiger partial charge in [0.05, 0.1) is 39.8 Å². The Kier molecular flexibility index (Phi) is 8.80. The number of aryl methyl sites for hydroxylation is 4. The monoisotopic (exact) mass is 618 g/mol. The number of hydrogen-bond acceptors (Lipinski definition) is 7. The number of hydrogen-bond donors (Lipinski definition) is 0. The van der Waals surface area contributed by atoms with Crippen molar-refractivity contribution in [2.24, 2.45) is 7.05 Å². The van der Waals surface area contributed by atoms with Crippen molar-refractivity contribution in [2.75, 3.05) is 31.1 Å². The second-order valence-corrected chi connectivity index (χ2v) is 11.2. The van der Waals surface area contributed by atoms with Gasteiger partial charge in [-0.1, -0.05) is 11.6 Å². The summed E-state index contributed by atoms with van der Waals surface area (Å²) in [6, 6.07) is 8.19. The number of nitrogens with zero attached hydrogens (tertiary/aromatic N) is 6. The Morgan fingerprint density at radius 1 is 0.933 bits per heavy atom. The number of ether oxygens (including phenoxy) is 1. The minimum Gasteiger partial charge on any atom is -0.465 e. The highest BCUT2D eigenvalue weighted by molar-refractivity contribution is 6.06. The van der Waals surface area contributed by atoms with Crippen LogP contribution in [0, 0.1) is 6.92 Å². The molecule has 4 aromatic rings. The number of carbonyl (C=O) groups is 3. The Bertz CT molecular complexity index is 1990. The van der Waals surface area contributed by atoms with Crippen molar-refractivity contribution < 1.29 is 19.1 Å². The van der Waals surface area contributed by atoms with Crippen molar-refractivity contribution in [3.05, 3.63) is 72.8 Å². The zero-order valence-electron chi connectivity index (χ0n) is 26.2. The zero-order valence-corrected chi connectivity index (χ0v) is 26.2. The molecule has 2 aromatic heterocycles. The Morgan fingerprint density at radius 3 is 2.18 bits per heavy atom. The molecule has 1 aliphatic heterocycles. The lowest BCUT2D eigenvalue weighted by atomic mass is 10.0. The molecule has 0 atom stereocenters. The molecule has 2 amide bonds. The van der Waals surface area contributed by atoms with E-state index in [1.54, 1.807) is 52.3 Å². The number of amides is 2. The number of anilines is 1. The number of imidazole rings is 1. The van der Waals surface area contributed by atoms with Crippen molar-refractivity contribution in [3.8, 4) is 0 Å². The maximum absolute atomic E-state index is 14.1. The topological polar surface area (TPSA) is 138 Å². The van der Waals surface area contributed by atoms with E-state index in [1.165, 1.54) is 9.13 Å². The summed E-state index contributed by atoms with van der Waals surface area (Å²) in [6.07, 6.45) is 1.19. The number of carbonyl (C=O) groups excluding carboxylic acids is 3. The summed E-state index contributed by atoms with van der Waals surface area (Å²) in [5.74, 6) is -1.03. The minimum atomic E-state index is -0.638. The van der Waals surface area contributed by atoms with E-state index in [4.69, 9.17) is 4.74 Å². The molecule has 45 heavy (non-hydrogen) atoms. The summed E-state index contributed by atoms with van der Waals surface area (Å²) >= 11 is 0. The smallest absolute Gasteiger partial charge is 0.331 e. The van der Waals surface area contributed by atoms with Crippen molar-refractivity contribution in [1.82, 2.24) is 23.2 Å². The summed E-state index contributed by atoms with van der Waals surface area (Å²) in [6.45, 7) is 8.16. The fourth-order valence-corrected chi connectivity index (χ4v) is 6.31. The zero-order chi connectivity index (χ0) is 32.6. The number of aromatic nitrogens is 4. The van der Waals surface area contributed by atoms with Crippen LogP contribution in [-0.4, -0.2) is 67.7 Å². The highest BCUT2D eigenvalue weighted by Gasteiger charge is 2.31. The number of rotatable bonds is 9. The summed E-state index contributed by atoms with van der Waals surface area (Å²) in [4.78, 5) is 81.4. The maximum atomic E-state index is 14.1. The molecule has 0 unspecified atom stereocenters. The molecular weight excluding hydrogens is 580 g/mol. The molecule has 0 N–H and O–H groups in total. The number of piperidine rings is 1. The predicted molar refractivity (Wildman–Crippen MR) is 170 cm³/mol. The Balaban J connectivity index is 1.52. The lowest BCUT2D eigenvalue weighted by molar-refractivity contribution is -0.141. The highest BCUT2D eigenvalue weighted by atomic mass is 16.5. The van der Waals surface area contributed by atoms with Gasteiger partial charge in [0.25, 0.3) is 11.5 Å². The molecule has 13 nitrogen and oxygen atoms in total. The van der Waals surface area contributed by atoms with Crippen LogP contribution in [0.5, 0.6) is 0 Å². The van der Waals surface area contributed by atoms with Gasteiger partial charge in [0, 0.05) is 39.3 Å². The SMILES string of the molecule is CCOC(=O)CN(C=O)c1cc2c(cc1C(=O)N1CCC(n3c(=O)c4cc(C)ccc4n(C)c3=O)CC1)n(CC)c(=O)n2CC. The molecule has 0 aliphatic carbocycles. The first kappa shape index (κ1) is 31.5. The minimum absolute atomic E-state index is 0.128. The van der Waals surface area contributed by atoms with Gasteiger partial charge >= 0.3 is 17.3 Å². The van der Waals surface area contributed by atoms with Crippen LogP contribution in [0.2, 0.25) is 0 Å². The molecule has 2 aromatic carbocycles. The Morgan fingerprint density at radius 2 is 1.58 bits per heavy atom. The van der Waals surface area contributed by atoms with E-state index in [0.717, 1.165) is 10.5 Å². The van der Waals surface area contributed by atoms with Crippen LogP contribution >= 0.6 is 0 Å². The van der Waals surface area contributed by atoms with Crippen LogP contribution in [0.4, 0.5) is 5.69 Å². The van der Waals surface area contributed by atoms with Crippen LogP contribution in [-0.2, 0) is 34.5 Å². The molecular formula is C32H38N6O7. The fourth-order valence-electron chi connectivity index (χ4n) is 6.31. The van der Waals surface area contributed by atoms with E-state index < -0.39 is 30.2 Å². The summed E-state index contributed by atoms with van der Waals surface area (Å²) in [7, 11) is 1.64. The van der Waals surface area contributed by atoms with Crippen LogP contribution in [0.25, 0.3) is 21.9 Å². The molecule has 5 rings (SSSR count). The van der Waals surface area contributed by atoms with Gasteiger partial charge in [0.15, 0.2) is 0 Å². The molecule has 1 saturated heterocycles. The standard InChI is InChI=1S/C32H38N6O7/c1-6-36-26-16-23(25(17-27(26)37(7-2)32(36)44)35(19-39)18-28(40)45-8-3)29(41)34-13-11-21(12-14-34)38-30(42)22-15-20(4)9-10-24(22)33(5)31(38)43/h9-10,15-17,19,21H,6-8,11-14,18H2,1-5H3. The van der Waals surface area contributed by atoms with Crippen LogP contribution < -0.4 is 21.8 Å². The van der Waals surface area contributed by atoms with Gasteiger partial charge in [-0.2, -0.15) is 0 Å². The molecule has 3 heterocycles. The first-order chi connectivity index (χ1) is 21.6. The average molecular weight is 619 g/mol. The van der Waals surface area contributed by atoms with Gasteiger partial charge < -0.3 is 14.5 Å². The third-order valence-electron chi connectivity index (χ3n) is 8.61. The van der Waals surface area contributed by atoms with Crippen LogP contribution in [0.1, 0.15) is 55.6 Å². The maximum Gasteiger partial charge on any atom is 0.331 e. The van der Waals surface area contributed by atoms with E-state index >= 15 is 0 Å². The van der Waals surface area contributed by atoms with Crippen molar-refractivity contribution >= 4 is 45.9 Å². The molecule has 1 aliphatic rings. The van der Waals surface area contributed by atoms with E-state index in [2.05, 4.69) is 0 Å².